The molecule has 0 heterocycles. The molecule has 0 spiro atoms. The Hall–Kier alpha value is -4.33. The van der Waals surface area contributed by atoms with E-state index < -0.39 is 30.5 Å². The molecule has 0 radical (unpaired) electrons. The molecule has 0 saturated carbocycles. The summed E-state index contributed by atoms with van der Waals surface area (Å²) in [5.41, 5.74) is 2.58. The van der Waals surface area contributed by atoms with Crippen molar-refractivity contribution in [3.8, 4) is 11.5 Å². The van der Waals surface area contributed by atoms with E-state index >= 15 is 0 Å². The molecule has 182 valence electrons. The molecule has 1 amide bonds. The van der Waals surface area contributed by atoms with Crippen molar-refractivity contribution in [1.29, 1.82) is 0 Å². The molecule has 3 aromatic rings. The summed E-state index contributed by atoms with van der Waals surface area (Å²) in [6.45, 7) is 1.26. The molecule has 0 aliphatic rings. The highest BCUT2D eigenvalue weighted by molar-refractivity contribution is 5.85. The second-order valence-electron chi connectivity index (χ2n) is 7.77. The van der Waals surface area contributed by atoms with Crippen LogP contribution in [0.2, 0.25) is 0 Å². The first-order valence-electron chi connectivity index (χ1n) is 11.0. The Bertz CT molecular complexity index is 1130. The smallest absolute Gasteiger partial charge is 0.326 e. The van der Waals surface area contributed by atoms with Gasteiger partial charge >= 0.3 is 11.9 Å². The van der Waals surface area contributed by atoms with E-state index in [9.17, 15) is 19.5 Å². The molecule has 0 unspecified atom stereocenters. The van der Waals surface area contributed by atoms with E-state index in [2.05, 4.69) is 10.1 Å². The summed E-state index contributed by atoms with van der Waals surface area (Å²) in [6.07, 6.45) is 0.00179. The summed E-state index contributed by atoms with van der Waals surface area (Å²) in [6, 6.07) is 23.2. The SMILES string of the molecule is CC(=O)OCC(=O)N[C@@H](Cc1ccc(OCc2ccccc2)c(OCc2ccccc2)c1)C(=O)O. The molecule has 1 atom stereocenters. The van der Waals surface area contributed by atoms with Crippen LogP contribution in [0, 0.1) is 0 Å². The number of esters is 1. The summed E-state index contributed by atoms with van der Waals surface area (Å²) in [5, 5.41) is 11.9. The Morgan fingerprint density at radius 3 is 1.91 bits per heavy atom. The third-order valence-electron chi connectivity index (χ3n) is 4.96. The maximum Gasteiger partial charge on any atom is 0.326 e. The standard InChI is InChI=1S/C27H27NO7/c1-19(29)33-18-26(30)28-23(27(31)32)14-22-12-13-24(34-16-20-8-4-2-5-9-20)25(15-22)35-17-21-10-6-3-7-11-21/h2-13,15,23H,14,16-18H2,1H3,(H,28,30)(H,31,32)/t23-/m0/s1. The van der Waals surface area contributed by atoms with Crippen LogP contribution in [0.5, 0.6) is 11.5 Å². The minimum atomic E-state index is -1.21. The number of carbonyl (C=O) groups is 3. The molecule has 0 fully saturated rings. The minimum absolute atomic E-state index is 0.00179. The van der Waals surface area contributed by atoms with Gasteiger partial charge in [0.1, 0.15) is 19.3 Å². The quantitative estimate of drug-likeness (QED) is 0.384. The number of nitrogens with one attached hydrogen (secondary N) is 1. The summed E-state index contributed by atoms with van der Waals surface area (Å²) in [4.78, 5) is 34.6. The number of carboxylic acid groups (broad SMARTS) is 1. The van der Waals surface area contributed by atoms with Gasteiger partial charge in [0.15, 0.2) is 18.1 Å². The molecule has 3 rings (SSSR count). The zero-order valence-electron chi connectivity index (χ0n) is 19.3. The van der Waals surface area contributed by atoms with E-state index in [0.29, 0.717) is 30.3 Å². The molecule has 8 heteroatoms. The molecular weight excluding hydrogens is 450 g/mol. The molecule has 35 heavy (non-hydrogen) atoms. The fourth-order valence-corrected chi connectivity index (χ4v) is 3.22. The largest absolute Gasteiger partial charge is 0.485 e. The number of rotatable bonds is 12. The molecule has 0 aliphatic heterocycles. The van der Waals surface area contributed by atoms with E-state index in [1.165, 1.54) is 6.92 Å². The molecule has 8 nitrogen and oxygen atoms in total. The summed E-state index contributed by atoms with van der Waals surface area (Å²) in [5.74, 6) is -1.57. The van der Waals surface area contributed by atoms with Gasteiger partial charge in [-0.2, -0.15) is 0 Å². The van der Waals surface area contributed by atoms with Crippen LogP contribution in [0.1, 0.15) is 23.6 Å². The Morgan fingerprint density at radius 1 is 0.800 bits per heavy atom. The Balaban J connectivity index is 1.75. The summed E-state index contributed by atoms with van der Waals surface area (Å²) < 4.78 is 16.6. The van der Waals surface area contributed by atoms with Crippen LogP contribution in [-0.2, 0) is 38.8 Å². The first-order chi connectivity index (χ1) is 16.9. The molecule has 3 aromatic carbocycles. The van der Waals surface area contributed by atoms with Crippen LogP contribution in [0.15, 0.2) is 78.9 Å². The van der Waals surface area contributed by atoms with Gasteiger partial charge in [-0.05, 0) is 28.8 Å². The number of hydrogen-bond donors (Lipinski definition) is 2. The predicted octanol–water partition coefficient (Wildman–Crippen LogP) is 3.52. The average molecular weight is 478 g/mol. The van der Waals surface area contributed by atoms with Crippen LogP contribution in [0.3, 0.4) is 0 Å². The number of carboxylic acids is 1. The van der Waals surface area contributed by atoms with Crippen molar-refractivity contribution < 1.29 is 33.7 Å². The zero-order valence-corrected chi connectivity index (χ0v) is 19.3. The number of carbonyl (C=O) groups excluding carboxylic acids is 2. The van der Waals surface area contributed by atoms with E-state index in [1.54, 1.807) is 18.2 Å². The number of ether oxygens (including phenoxy) is 3. The molecule has 0 aromatic heterocycles. The monoisotopic (exact) mass is 477 g/mol. The van der Waals surface area contributed by atoms with E-state index in [-0.39, 0.29) is 6.42 Å². The highest BCUT2D eigenvalue weighted by Gasteiger charge is 2.22. The van der Waals surface area contributed by atoms with E-state index in [0.717, 1.165) is 11.1 Å². The van der Waals surface area contributed by atoms with Crippen LogP contribution in [-0.4, -0.2) is 35.6 Å². The van der Waals surface area contributed by atoms with Gasteiger partial charge in [-0.25, -0.2) is 4.79 Å². The lowest BCUT2D eigenvalue weighted by molar-refractivity contribution is -0.148. The van der Waals surface area contributed by atoms with Crippen molar-refractivity contribution in [3.63, 3.8) is 0 Å². The van der Waals surface area contributed by atoms with Gasteiger partial charge in [-0.15, -0.1) is 0 Å². The number of benzene rings is 3. The zero-order chi connectivity index (χ0) is 25.0. The lowest BCUT2D eigenvalue weighted by atomic mass is 10.1. The molecule has 0 saturated heterocycles. The number of amides is 1. The van der Waals surface area contributed by atoms with Crippen LogP contribution < -0.4 is 14.8 Å². The van der Waals surface area contributed by atoms with Gasteiger partial charge in [0.05, 0.1) is 0 Å². The van der Waals surface area contributed by atoms with E-state index in [4.69, 9.17) is 9.47 Å². The molecular formula is C27H27NO7. The molecule has 0 aliphatic carbocycles. The molecule has 0 bridgehead atoms. The van der Waals surface area contributed by atoms with Crippen molar-refractivity contribution in [1.82, 2.24) is 5.32 Å². The van der Waals surface area contributed by atoms with Gasteiger partial charge in [-0.3, -0.25) is 9.59 Å². The topological polar surface area (TPSA) is 111 Å². The van der Waals surface area contributed by atoms with Gasteiger partial charge in [0.25, 0.3) is 5.91 Å². The predicted molar refractivity (Wildman–Crippen MR) is 128 cm³/mol. The van der Waals surface area contributed by atoms with Crippen LogP contribution >= 0.6 is 0 Å². The van der Waals surface area contributed by atoms with Crippen molar-refractivity contribution in [2.24, 2.45) is 0 Å². The van der Waals surface area contributed by atoms with Crippen molar-refractivity contribution in [2.75, 3.05) is 6.61 Å². The van der Waals surface area contributed by atoms with Crippen LogP contribution in [0.25, 0.3) is 0 Å². The maximum atomic E-state index is 12.0. The first-order valence-corrected chi connectivity index (χ1v) is 11.0. The van der Waals surface area contributed by atoms with Gasteiger partial charge in [0, 0.05) is 13.3 Å². The maximum absolute atomic E-state index is 12.0. The Morgan fingerprint density at radius 2 is 1.37 bits per heavy atom. The minimum Gasteiger partial charge on any atom is -0.485 e. The van der Waals surface area contributed by atoms with Crippen molar-refractivity contribution >= 4 is 17.8 Å². The second kappa shape index (κ2) is 12.8. The van der Waals surface area contributed by atoms with Gasteiger partial charge in [-0.1, -0.05) is 66.7 Å². The normalized spacial score (nSPS) is 11.2. The lowest BCUT2D eigenvalue weighted by Crippen LogP contribution is -2.44. The lowest BCUT2D eigenvalue weighted by Gasteiger charge is -2.17. The highest BCUT2D eigenvalue weighted by atomic mass is 16.5. The van der Waals surface area contributed by atoms with Crippen molar-refractivity contribution in [3.05, 3.63) is 95.6 Å². The average Bonchev–Trinajstić information content (AvgIpc) is 2.86. The summed E-state index contributed by atoms with van der Waals surface area (Å²) in [7, 11) is 0. The highest BCUT2D eigenvalue weighted by Crippen LogP contribution is 2.30. The fourth-order valence-electron chi connectivity index (χ4n) is 3.22. The summed E-state index contributed by atoms with van der Waals surface area (Å²) >= 11 is 0. The number of hydrogen-bond acceptors (Lipinski definition) is 6. The third-order valence-corrected chi connectivity index (χ3v) is 4.96. The van der Waals surface area contributed by atoms with Gasteiger partial charge in [0.2, 0.25) is 0 Å². The Labute approximate surface area is 203 Å². The Kier molecular flexibility index (Phi) is 9.24. The van der Waals surface area contributed by atoms with Crippen LogP contribution in [0.4, 0.5) is 0 Å². The number of aliphatic carboxylic acids is 1. The first kappa shape index (κ1) is 25.3. The third kappa shape index (κ3) is 8.51. The molecule has 2 N–H and O–H groups in total. The second-order valence-corrected chi connectivity index (χ2v) is 7.77. The fraction of sp³-hybridized carbons (Fsp3) is 0.222. The van der Waals surface area contributed by atoms with Gasteiger partial charge < -0.3 is 24.6 Å². The van der Waals surface area contributed by atoms with Crippen molar-refractivity contribution in [2.45, 2.75) is 32.6 Å². The van der Waals surface area contributed by atoms with E-state index in [1.807, 2.05) is 60.7 Å².